The van der Waals surface area contributed by atoms with Gasteiger partial charge >= 0.3 is 6.18 Å². The van der Waals surface area contributed by atoms with E-state index in [0.717, 1.165) is 4.90 Å². The summed E-state index contributed by atoms with van der Waals surface area (Å²) in [4.78, 5) is 5.08. The SMILES string of the molecule is CC(C)(C)c1noc(CN(CCO)CC(F)(F)F)n1. The van der Waals surface area contributed by atoms with E-state index in [1.54, 1.807) is 0 Å². The van der Waals surface area contributed by atoms with Gasteiger partial charge in [0.05, 0.1) is 19.7 Å². The molecule has 0 bridgehead atoms. The number of alkyl halides is 3. The first-order valence-corrected chi connectivity index (χ1v) is 5.85. The fourth-order valence-corrected chi connectivity index (χ4v) is 1.42. The van der Waals surface area contributed by atoms with E-state index in [2.05, 4.69) is 10.1 Å². The van der Waals surface area contributed by atoms with Gasteiger partial charge in [-0.15, -0.1) is 0 Å². The van der Waals surface area contributed by atoms with Crippen LogP contribution in [0.1, 0.15) is 32.5 Å². The molecule has 19 heavy (non-hydrogen) atoms. The number of nitrogens with zero attached hydrogens (tertiary/aromatic N) is 3. The van der Waals surface area contributed by atoms with Crippen molar-refractivity contribution in [2.45, 2.75) is 38.9 Å². The van der Waals surface area contributed by atoms with Crippen molar-refractivity contribution in [1.29, 1.82) is 0 Å². The van der Waals surface area contributed by atoms with Crippen LogP contribution in [0.2, 0.25) is 0 Å². The molecular weight excluding hydrogens is 263 g/mol. The Hall–Kier alpha value is -1.15. The standard InChI is InChI=1S/C11H18F3N3O2/c1-10(2,3)9-15-8(19-16-9)6-17(4-5-18)7-11(12,13)14/h18H,4-7H2,1-3H3. The lowest BCUT2D eigenvalue weighted by atomic mass is 9.96. The summed E-state index contributed by atoms with van der Waals surface area (Å²) < 4.78 is 41.9. The first-order valence-electron chi connectivity index (χ1n) is 5.85. The van der Waals surface area contributed by atoms with Gasteiger partial charge in [-0.25, -0.2) is 0 Å². The average molecular weight is 281 g/mol. The minimum atomic E-state index is -4.33. The smallest absolute Gasteiger partial charge is 0.395 e. The molecule has 0 aliphatic heterocycles. The highest BCUT2D eigenvalue weighted by atomic mass is 19.4. The van der Waals surface area contributed by atoms with E-state index in [1.807, 2.05) is 20.8 Å². The average Bonchev–Trinajstić information content (AvgIpc) is 2.63. The van der Waals surface area contributed by atoms with Crippen molar-refractivity contribution in [3.8, 4) is 0 Å². The molecule has 0 radical (unpaired) electrons. The number of hydrogen-bond donors (Lipinski definition) is 1. The number of halogens is 3. The van der Waals surface area contributed by atoms with Crippen molar-refractivity contribution >= 4 is 0 Å². The Morgan fingerprint density at radius 1 is 1.26 bits per heavy atom. The van der Waals surface area contributed by atoms with Crippen LogP contribution in [0.25, 0.3) is 0 Å². The zero-order valence-corrected chi connectivity index (χ0v) is 11.2. The molecule has 1 heterocycles. The molecule has 110 valence electrons. The van der Waals surface area contributed by atoms with Gasteiger partial charge in [-0.3, -0.25) is 4.90 Å². The zero-order chi connectivity index (χ0) is 14.7. The molecule has 5 nitrogen and oxygen atoms in total. The van der Waals surface area contributed by atoms with Gasteiger partial charge in [-0.1, -0.05) is 25.9 Å². The van der Waals surface area contributed by atoms with Crippen LogP contribution in [-0.2, 0) is 12.0 Å². The van der Waals surface area contributed by atoms with Crippen molar-refractivity contribution in [2.75, 3.05) is 19.7 Å². The molecule has 0 amide bonds. The van der Waals surface area contributed by atoms with E-state index in [4.69, 9.17) is 9.63 Å². The Labute approximate surface area is 109 Å². The van der Waals surface area contributed by atoms with Gasteiger partial charge in [0.15, 0.2) is 5.82 Å². The van der Waals surface area contributed by atoms with Crippen LogP contribution in [0.15, 0.2) is 4.52 Å². The Morgan fingerprint density at radius 2 is 1.89 bits per heavy atom. The molecule has 0 saturated carbocycles. The quantitative estimate of drug-likeness (QED) is 0.890. The predicted molar refractivity (Wildman–Crippen MR) is 61.4 cm³/mol. The summed E-state index contributed by atoms with van der Waals surface area (Å²) in [7, 11) is 0. The van der Waals surface area contributed by atoms with Crippen molar-refractivity contribution in [3.05, 3.63) is 11.7 Å². The molecule has 0 saturated heterocycles. The molecule has 0 atom stereocenters. The van der Waals surface area contributed by atoms with Crippen molar-refractivity contribution in [1.82, 2.24) is 15.0 Å². The van der Waals surface area contributed by atoms with Gasteiger partial charge < -0.3 is 9.63 Å². The molecule has 8 heteroatoms. The second kappa shape index (κ2) is 5.87. The Morgan fingerprint density at radius 3 is 2.32 bits per heavy atom. The highest BCUT2D eigenvalue weighted by Gasteiger charge is 2.31. The fourth-order valence-electron chi connectivity index (χ4n) is 1.42. The summed E-state index contributed by atoms with van der Waals surface area (Å²) in [6.07, 6.45) is -4.33. The Bertz CT molecular complexity index is 399. The number of hydrogen-bond acceptors (Lipinski definition) is 5. The number of aliphatic hydroxyl groups is 1. The van der Waals surface area contributed by atoms with E-state index < -0.39 is 12.7 Å². The minimum Gasteiger partial charge on any atom is -0.395 e. The second-order valence-corrected chi connectivity index (χ2v) is 5.31. The lowest BCUT2D eigenvalue weighted by Crippen LogP contribution is -2.35. The summed E-state index contributed by atoms with van der Waals surface area (Å²) in [5, 5.41) is 12.5. The van der Waals surface area contributed by atoms with Crippen LogP contribution in [0.5, 0.6) is 0 Å². The van der Waals surface area contributed by atoms with Crippen molar-refractivity contribution < 1.29 is 22.8 Å². The molecule has 1 aromatic heterocycles. The molecule has 1 N–H and O–H groups in total. The van der Waals surface area contributed by atoms with E-state index in [0.29, 0.717) is 5.82 Å². The Kier molecular flexibility index (Phi) is 4.92. The first-order chi connectivity index (χ1) is 8.62. The third-order valence-electron chi connectivity index (χ3n) is 2.32. The lowest BCUT2D eigenvalue weighted by Gasteiger charge is -2.20. The van der Waals surface area contributed by atoms with E-state index in [9.17, 15) is 13.2 Å². The van der Waals surface area contributed by atoms with E-state index >= 15 is 0 Å². The second-order valence-electron chi connectivity index (χ2n) is 5.31. The summed E-state index contributed by atoms with van der Waals surface area (Å²) in [6.45, 7) is 3.90. The maximum atomic E-state index is 12.3. The maximum Gasteiger partial charge on any atom is 0.401 e. The summed E-state index contributed by atoms with van der Waals surface area (Å²) in [5.74, 6) is 0.557. The van der Waals surface area contributed by atoms with Gasteiger partial charge in [0.25, 0.3) is 0 Å². The van der Waals surface area contributed by atoms with Crippen LogP contribution < -0.4 is 0 Å². The molecule has 0 aliphatic rings. The zero-order valence-electron chi connectivity index (χ0n) is 11.2. The van der Waals surface area contributed by atoms with Crippen LogP contribution in [0.3, 0.4) is 0 Å². The van der Waals surface area contributed by atoms with Gasteiger partial charge in [0.1, 0.15) is 0 Å². The minimum absolute atomic E-state index is 0.104. The van der Waals surface area contributed by atoms with E-state index in [1.165, 1.54) is 0 Å². The van der Waals surface area contributed by atoms with Crippen LogP contribution >= 0.6 is 0 Å². The molecule has 1 aromatic rings. The molecule has 0 unspecified atom stereocenters. The van der Waals surface area contributed by atoms with Crippen molar-refractivity contribution in [3.63, 3.8) is 0 Å². The van der Waals surface area contributed by atoms with Crippen LogP contribution in [0, 0.1) is 0 Å². The maximum absolute atomic E-state index is 12.3. The molecule has 1 rings (SSSR count). The van der Waals surface area contributed by atoms with Gasteiger partial charge in [-0.05, 0) is 0 Å². The largest absolute Gasteiger partial charge is 0.401 e. The van der Waals surface area contributed by atoms with Crippen LogP contribution in [-0.4, -0.2) is 46.0 Å². The molecule has 0 aliphatic carbocycles. The van der Waals surface area contributed by atoms with E-state index in [-0.39, 0.29) is 31.0 Å². The topological polar surface area (TPSA) is 62.4 Å². The highest BCUT2D eigenvalue weighted by molar-refractivity contribution is 4.99. The summed E-state index contributed by atoms with van der Waals surface area (Å²) >= 11 is 0. The third kappa shape index (κ3) is 5.56. The van der Waals surface area contributed by atoms with Gasteiger partial charge in [0.2, 0.25) is 5.89 Å². The molecule has 0 aromatic carbocycles. The highest BCUT2D eigenvalue weighted by Crippen LogP contribution is 2.20. The number of rotatable bonds is 5. The fraction of sp³-hybridized carbons (Fsp3) is 0.818. The van der Waals surface area contributed by atoms with Gasteiger partial charge in [-0.2, -0.15) is 18.2 Å². The summed E-state index contributed by atoms with van der Waals surface area (Å²) in [6, 6.07) is 0. The monoisotopic (exact) mass is 281 g/mol. The van der Waals surface area contributed by atoms with Crippen LogP contribution in [0.4, 0.5) is 13.2 Å². The predicted octanol–water partition coefficient (Wildman–Crippen LogP) is 1.72. The third-order valence-corrected chi connectivity index (χ3v) is 2.32. The first kappa shape index (κ1) is 15.9. The summed E-state index contributed by atoms with van der Waals surface area (Å²) in [5.41, 5.74) is -0.326. The lowest BCUT2D eigenvalue weighted by molar-refractivity contribution is -0.148. The van der Waals surface area contributed by atoms with Crippen molar-refractivity contribution in [2.24, 2.45) is 0 Å². The molecule has 0 fully saturated rings. The molecular formula is C11H18F3N3O2. The normalized spacial score (nSPS) is 13.3. The van der Waals surface area contributed by atoms with Gasteiger partial charge in [0, 0.05) is 12.0 Å². The molecule has 0 spiro atoms. The number of aliphatic hydroxyl groups excluding tert-OH is 1. The number of aromatic nitrogens is 2. The Balaban J connectivity index is 2.71.